The maximum absolute atomic E-state index is 12.8. The number of hydrogen-bond donors (Lipinski definition) is 2. The van der Waals surface area contributed by atoms with E-state index in [1.165, 1.54) is 41.8 Å². The van der Waals surface area contributed by atoms with Gasteiger partial charge < -0.3 is 20.3 Å². The van der Waals surface area contributed by atoms with E-state index in [2.05, 4.69) is 26.9 Å². The van der Waals surface area contributed by atoms with Crippen molar-refractivity contribution >= 4 is 33.6 Å². The van der Waals surface area contributed by atoms with E-state index in [1.54, 1.807) is 17.9 Å². The van der Waals surface area contributed by atoms with Gasteiger partial charge in [0.25, 0.3) is 5.91 Å². The average molecular weight is 438 g/mol. The third kappa shape index (κ3) is 5.61. The van der Waals surface area contributed by atoms with Gasteiger partial charge in [-0.2, -0.15) is 0 Å². The van der Waals surface area contributed by atoms with Crippen molar-refractivity contribution in [2.24, 2.45) is 4.99 Å². The fourth-order valence-electron chi connectivity index (χ4n) is 2.97. The molecule has 30 heavy (non-hydrogen) atoms. The summed E-state index contributed by atoms with van der Waals surface area (Å²) in [6.07, 6.45) is -3.22. The zero-order valence-corrected chi connectivity index (χ0v) is 17.1. The number of piperazine rings is 1. The molecule has 1 aromatic carbocycles. The first-order chi connectivity index (χ1) is 14.3. The van der Waals surface area contributed by atoms with Gasteiger partial charge in [-0.05, 0) is 43.5 Å². The molecule has 0 saturated carbocycles. The zero-order valence-electron chi connectivity index (χ0n) is 16.3. The highest BCUT2D eigenvalue weighted by atomic mass is 32.1. The summed E-state index contributed by atoms with van der Waals surface area (Å²) in [6, 6.07) is 7.06. The van der Waals surface area contributed by atoms with Gasteiger partial charge in [-0.3, -0.25) is 9.79 Å². The number of nitrogens with one attached hydrogen (secondary N) is 2. The molecular weight excluding hydrogens is 417 g/mol. The van der Waals surface area contributed by atoms with E-state index in [0.717, 1.165) is 23.7 Å². The molecule has 0 spiro atoms. The molecule has 1 fully saturated rings. The predicted molar refractivity (Wildman–Crippen MR) is 112 cm³/mol. The molecule has 0 atom stereocenters. The number of thiophene rings is 1. The first-order valence-electron chi connectivity index (χ1n) is 9.19. The van der Waals surface area contributed by atoms with Crippen molar-refractivity contribution in [2.75, 3.05) is 31.5 Å². The van der Waals surface area contributed by atoms with Crippen LogP contribution in [0.4, 0.5) is 23.9 Å². The summed E-state index contributed by atoms with van der Waals surface area (Å²) in [6.45, 7) is 8.26. The fourth-order valence-corrected chi connectivity index (χ4v) is 4.04. The summed E-state index contributed by atoms with van der Waals surface area (Å²) >= 11 is 1.31. The molecule has 6 nitrogen and oxygen atoms in total. The Hall–Kier alpha value is -2.85. The summed E-state index contributed by atoms with van der Waals surface area (Å²) in [7, 11) is 0. The van der Waals surface area contributed by atoms with Gasteiger partial charge in [0.1, 0.15) is 10.8 Å². The summed E-state index contributed by atoms with van der Waals surface area (Å²) in [5.41, 5.74) is 1.81. The third-order valence-electron chi connectivity index (χ3n) is 4.34. The van der Waals surface area contributed by atoms with Crippen LogP contribution in [-0.4, -0.2) is 49.1 Å². The van der Waals surface area contributed by atoms with Crippen molar-refractivity contribution in [2.45, 2.75) is 13.3 Å². The number of nitrogens with zero attached hydrogens (tertiary/aromatic N) is 2. The Bertz CT molecular complexity index is 933. The molecule has 10 heteroatoms. The molecule has 2 heterocycles. The molecule has 3 rings (SSSR count). The lowest BCUT2D eigenvalue weighted by Crippen LogP contribution is -2.46. The highest BCUT2D eigenvalue weighted by Gasteiger charge is 2.31. The van der Waals surface area contributed by atoms with Crippen molar-refractivity contribution in [1.29, 1.82) is 0 Å². The summed E-state index contributed by atoms with van der Waals surface area (Å²) in [5.74, 6) is -0.353. The van der Waals surface area contributed by atoms with Crippen LogP contribution in [0.5, 0.6) is 5.75 Å². The van der Waals surface area contributed by atoms with Gasteiger partial charge in [0.05, 0.1) is 10.6 Å². The van der Waals surface area contributed by atoms with Gasteiger partial charge >= 0.3 is 6.36 Å². The molecule has 2 N–H and O–H groups in total. The van der Waals surface area contributed by atoms with E-state index in [1.807, 2.05) is 0 Å². The third-order valence-corrected chi connectivity index (χ3v) is 5.39. The second-order valence-electron chi connectivity index (χ2n) is 6.48. The highest BCUT2D eigenvalue weighted by molar-refractivity contribution is 7.18. The molecule has 160 valence electrons. The minimum Gasteiger partial charge on any atom is -0.406 e. The Morgan fingerprint density at radius 2 is 1.97 bits per heavy atom. The van der Waals surface area contributed by atoms with Crippen LogP contribution in [0.2, 0.25) is 0 Å². The fraction of sp³-hybridized carbons (Fsp3) is 0.300. The smallest absolute Gasteiger partial charge is 0.406 e. The van der Waals surface area contributed by atoms with Gasteiger partial charge in [-0.15, -0.1) is 24.5 Å². The summed E-state index contributed by atoms with van der Waals surface area (Å²) in [5, 5.41) is 6.97. The van der Waals surface area contributed by atoms with Gasteiger partial charge in [-0.1, -0.05) is 6.58 Å². The van der Waals surface area contributed by atoms with Crippen molar-refractivity contribution in [3.8, 4) is 5.75 Å². The molecule has 0 unspecified atom stereocenters. The Labute approximate surface area is 176 Å². The molecule has 1 amide bonds. The standard InChI is InChI=1S/C20H21F3N4O2S/c1-3-25-18-16(12-17(30-18)19(28)27-10-8-24-9-11-27)13(2)26-14-4-6-15(7-5-14)29-20(21,22)23/h3-7,12,24-25H,1,8-11H2,2H3. The van der Waals surface area contributed by atoms with E-state index in [-0.39, 0.29) is 11.7 Å². The molecule has 2 aromatic rings. The van der Waals surface area contributed by atoms with Gasteiger partial charge in [-0.25, -0.2) is 0 Å². The minimum absolute atomic E-state index is 0.0404. The molecule has 1 aliphatic heterocycles. The molecule has 1 saturated heterocycles. The van der Waals surface area contributed by atoms with E-state index < -0.39 is 6.36 Å². The number of carbonyl (C=O) groups is 1. The average Bonchev–Trinajstić information content (AvgIpc) is 3.13. The molecule has 1 aliphatic rings. The number of aliphatic imine (C=N–C) groups is 1. The highest BCUT2D eigenvalue weighted by Crippen LogP contribution is 2.31. The maximum Gasteiger partial charge on any atom is 0.573 e. The molecule has 0 aliphatic carbocycles. The second-order valence-corrected chi connectivity index (χ2v) is 7.54. The number of ether oxygens (including phenoxy) is 1. The number of carbonyl (C=O) groups excluding carboxylic acids is 1. The van der Waals surface area contributed by atoms with Gasteiger partial charge in [0.15, 0.2) is 0 Å². The van der Waals surface area contributed by atoms with Crippen molar-refractivity contribution in [3.63, 3.8) is 0 Å². The topological polar surface area (TPSA) is 66.0 Å². The second kappa shape index (κ2) is 9.31. The van der Waals surface area contributed by atoms with E-state index in [0.29, 0.717) is 29.4 Å². The van der Waals surface area contributed by atoms with Crippen molar-refractivity contribution in [1.82, 2.24) is 10.2 Å². The Morgan fingerprint density at radius 1 is 1.30 bits per heavy atom. The zero-order chi connectivity index (χ0) is 21.7. The van der Waals surface area contributed by atoms with E-state index in [9.17, 15) is 18.0 Å². The summed E-state index contributed by atoms with van der Waals surface area (Å²) < 4.78 is 40.8. The molecule has 0 bridgehead atoms. The van der Waals surface area contributed by atoms with Crippen LogP contribution >= 0.6 is 11.3 Å². The number of hydrogen-bond acceptors (Lipinski definition) is 6. The van der Waals surface area contributed by atoms with Crippen LogP contribution < -0.4 is 15.4 Å². The van der Waals surface area contributed by atoms with Gasteiger partial charge in [0, 0.05) is 37.5 Å². The Balaban J connectivity index is 1.83. The number of amides is 1. The lowest BCUT2D eigenvalue weighted by molar-refractivity contribution is -0.274. The first kappa shape index (κ1) is 21.8. The Kier molecular flexibility index (Phi) is 6.78. The van der Waals surface area contributed by atoms with Crippen LogP contribution in [0.25, 0.3) is 0 Å². The lowest BCUT2D eigenvalue weighted by atomic mass is 10.2. The molecule has 1 aromatic heterocycles. The normalized spacial score (nSPS) is 15.1. The van der Waals surface area contributed by atoms with Crippen molar-refractivity contribution in [3.05, 3.63) is 53.6 Å². The number of alkyl halides is 3. The first-order valence-corrected chi connectivity index (χ1v) is 10.0. The number of halogens is 3. The lowest BCUT2D eigenvalue weighted by Gasteiger charge is -2.26. The molecular formula is C20H21F3N4O2S. The predicted octanol–water partition coefficient (Wildman–Crippen LogP) is 4.39. The van der Waals surface area contributed by atoms with E-state index >= 15 is 0 Å². The summed E-state index contributed by atoms with van der Waals surface area (Å²) in [4.78, 5) is 19.7. The van der Waals surface area contributed by atoms with Crippen LogP contribution in [0.1, 0.15) is 22.2 Å². The van der Waals surface area contributed by atoms with Gasteiger partial charge in [0.2, 0.25) is 0 Å². The quantitative estimate of drug-likeness (QED) is 0.657. The Morgan fingerprint density at radius 3 is 2.57 bits per heavy atom. The maximum atomic E-state index is 12.8. The number of anilines is 1. The minimum atomic E-state index is -4.74. The van der Waals surface area contributed by atoms with Crippen LogP contribution in [0.15, 0.2) is 48.1 Å². The number of rotatable bonds is 6. The number of benzene rings is 1. The van der Waals surface area contributed by atoms with Crippen molar-refractivity contribution < 1.29 is 22.7 Å². The van der Waals surface area contributed by atoms with Crippen LogP contribution in [-0.2, 0) is 0 Å². The van der Waals surface area contributed by atoms with Crippen LogP contribution in [0, 0.1) is 0 Å². The SMILES string of the molecule is C=CNc1sc(C(=O)N2CCNCC2)cc1C(C)=Nc1ccc(OC(F)(F)F)cc1. The van der Waals surface area contributed by atoms with E-state index in [4.69, 9.17) is 0 Å². The monoisotopic (exact) mass is 438 g/mol. The largest absolute Gasteiger partial charge is 0.573 e. The van der Waals surface area contributed by atoms with Crippen LogP contribution in [0.3, 0.4) is 0 Å². The molecule has 0 radical (unpaired) electrons.